The molecule has 0 spiro atoms. The summed E-state index contributed by atoms with van der Waals surface area (Å²) in [6.07, 6.45) is 0. The van der Waals surface area contributed by atoms with E-state index in [4.69, 9.17) is 9.52 Å². The molecule has 0 amide bonds. The smallest absolute Gasteiger partial charge is 0.342 e. The molecule has 5 heteroatoms. The van der Waals surface area contributed by atoms with E-state index >= 15 is 0 Å². The van der Waals surface area contributed by atoms with E-state index in [-0.39, 0.29) is 5.56 Å². The summed E-state index contributed by atoms with van der Waals surface area (Å²) in [5, 5.41) is 19.5. The van der Waals surface area contributed by atoms with Gasteiger partial charge in [0.2, 0.25) is 5.36 Å². The van der Waals surface area contributed by atoms with Crippen LogP contribution in [-0.4, -0.2) is 29.3 Å². The molecular formula is C14H16NO4+. The van der Waals surface area contributed by atoms with Crippen LogP contribution in [0, 0.1) is 0 Å². The predicted octanol–water partition coefficient (Wildman–Crippen LogP) is 1.60. The van der Waals surface area contributed by atoms with Crippen LogP contribution < -0.4 is 9.93 Å². The van der Waals surface area contributed by atoms with Crippen LogP contribution in [0.5, 0.6) is 5.95 Å². The number of rotatable bonds is 3. The first kappa shape index (κ1) is 13.1. The summed E-state index contributed by atoms with van der Waals surface area (Å²) in [5.74, 6) is -1.32. The maximum absolute atomic E-state index is 10.9. The molecule has 1 heterocycles. The molecule has 1 aliphatic carbocycles. The highest BCUT2D eigenvalue weighted by atomic mass is 16.5. The van der Waals surface area contributed by atoms with Gasteiger partial charge in [0.15, 0.2) is 0 Å². The maximum Gasteiger partial charge on any atom is 0.342 e. The first-order chi connectivity index (χ1) is 9.06. The van der Waals surface area contributed by atoms with Crippen LogP contribution in [0.2, 0.25) is 0 Å². The Morgan fingerprint density at radius 1 is 1.26 bits per heavy atom. The van der Waals surface area contributed by atoms with Gasteiger partial charge in [-0.05, 0) is 26.0 Å². The maximum atomic E-state index is 10.9. The Morgan fingerprint density at radius 3 is 2.53 bits per heavy atom. The van der Waals surface area contributed by atoms with E-state index in [1.807, 2.05) is 6.07 Å². The van der Waals surface area contributed by atoms with Crippen molar-refractivity contribution >= 4 is 5.97 Å². The van der Waals surface area contributed by atoms with Crippen LogP contribution in [0.4, 0.5) is 0 Å². The van der Waals surface area contributed by atoms with Gasteiger partial charge in [-0.1, -0.05) is 0 Å². The summed E-state index contributed by atoms with van der Waals surface area (Å²) in [5.41, 5.74) is 0.411. The van der Waals surface area contributed by atoms with Crippen LogP contribution in [0.15, 0.2) is 28.7 Å². The normalized spacial score (nSPS) is 10.6. The fraction of sp³-hybridized carbons (Fsp3) is 0.286. The van der Waals surface area contributed by atoms with Crippen molar-refractivity contribution < 1.29 is 19.4 Å². The van der Waals surface area contributed by atoms with Crippen molar-refractivity contribution in [2.75, 3.05) is 13.1 Å². The summed E-state index contributed by atoms with van der Waals surface area (Å²) in [6.45, 7) is 5.83. The third-order valence-corrected chi connectivity index (χ3v) is 3.09. The number of hydrogen-bond donors (Lipinski definition) is 2. The highest BCUT2D eigenvalue weighted by Crippen LogP contribution is 2.28. The minimum absolute atomic E-state index is 0.233. The molecule has 19 heavy (non-hydrogen) atoms. The van der Waals surface area contributed by atoms with Gasteiger partial charge in [-0.3, -0.25) is 0 Å². The quantitative estimate of drug-likeness (QED) is 0.824. The number of fused-ring (bicyclic) bond motifs is 1. The standard InChI is InChI=1S/C14H15NO4/c1-3-15(4-2)10-6-5-9-7-11(13(16)17)14(18)19-12(9)8-10/h5-8H,3-4H2,1-2H3,(H,16,17)/p+1. The molecular weight excluding hydrogens is 246 g/mol. The second kappa shape index (κ2) is 5.14. The summed E-state index contributed by atoms with van der Waals surface area (Å²) in [4.78, 5) is 10.9. The molecule has 0 aromatic rings. The Hall–Kier alpha value is -2.30. The molecule has 0 radical (unpaired) electrons. The van der Waals surface area contributed by atoms with E-state index in [0.717, 1.165) is 18.4 Å². The van der Waals surface area contributed by atoms with Crippen LogP contribution in [0.25, 0.3) is 11.3 Å². The number of carboxylic acid groups (broad SMARTS) is 1. The number of aromatic hydroxyl groups is 1. The molecule has 0 fully saturated rings. The SMILES string of the molecule is CC[N+](CC)=c1ccc2cc(C(=O)O)c(O)oc-2c1. The third kappa shape index (κ3) is 2.45. The van der Waals surface area contributed by atoms with Gasteiger partial charge in [0.05, 0.1) is 6.07 Å². The number of carboxylic acids is 1. The van der Waals surface area contributed by atoms with Crippen molar-refractivity contribution in [1.29, 1.82) is 0 Å². The largest absolute Gasteiger partial charge is 0.480 e. The Balaban J connectivity index is 2.70. The van der Waals surface area contributed by atoms with Crippen molar-refractivity contribution in [3.8, 4) is 17.3 Å². The van der Waals surface area contributed by atoms with E-state index < -0.39 is 11.9 Å². The monoisotopic (exact) mass is 262 g/mol. The fourth-order valence-corrected chi connectivity index (χ4v) is 2.05. The topological polar surface area (TPSA) is 73.7 Å². The summed E-state index contributed by atoms with van der Waals surface area (Å²) in [6, 6.07) is 6.90. The number of benzene rings is 1. The first-order valence-corrected chi connectivity index (χ1v) is 6.15. The molecule has 0 saturated heterocycles. The lowest BCUT2D eigenvalue weighted by Gasteiger charge is -2.06. The fourth-order valence-electron chi connectivity index (χ4n) is 2.05. The van der Waals surface area contributed by atoms with Crippen LogP contribution in [-0.2, 0) is 0 Å². The highest BCUT2D eigenvalue weighted by Gasteiger charge is 2.17. The van der Waals surface area contributed by atoms with Gasteiger partial charge in [0.25, 0.3) is 5.95 Å². The van der Waals surface area contributed by atoms with Crippen molar-refractivity contribution in [2.24, 2.45) is 0 Å². The van der Waals surface area contributed by atoms with E-state index in [9.17, 15) is 9.90 Å². The highest BCUT2D eigenvalue weighted by molar-refractivity contribution is 5.91. The average Bonchev–Trinajstić information content (AvgIpc) is 2.38. The minimum atomic E-state index is -1.21. The van der Waals surface area contributed by atoms with Crippen LogP contribution >= 0.6 is 0 Å². The second-order valence-electron chi connectivity index (χ2n) is 4.16. The van der Waals surface area contributed by atoms with Crippen molar-refractivity contribution in [3.63, 3.8) is 0 Å². The molecule has 2 rings (SSSR count). The van der Waals surface area contributed by atoms with Gasteiger partial charge in [0.1, 0.15) is 24.4 Å². The Morgan fingerprint density at radius 2 is 1.95 bits per heavy atom. The average molecular weight is 262 g/mol. The third-order valence-electron chi connectivity index (χ3n) is 3.09. The lowest BCUT2D eigenvalue weighted by molar-refractivity contribution is 0.0688. The number of nitrogens with zero attached hydrogens (tertiary/aromatic N) is 1. The van der Waals surface area contributed by atoms with Crippen molar-refractivity contribution in [3.05, 3.63) is 35.2 Å². The Bertz CT molecular complexity index is 651. The molecule has 0 aromatic carbocycles. The van der Waals surface area contributed by atoms with Gasteiger partial charge >= 0.3 is 5.97 Å². The molecule has 0 atom stereocenters. The van der Waals surface area contributed by atoms with Crippen LogP contribution in [0.1, 0.15) is 24.2 Å². The van der Waals surface area contributed by atoms with Gasteiger partial charge < -0.3 is 14.6 Å². The van der Waals surface area contributed by atoms with Gasteiger partial charge in [-0.15, -0.1) is 0 Å². The molecule has 0 bridgehead atoms. The van der Waals surface area contributed by atoms with E-state index in [1.54, 1.807) is 12.1 Å². The molecule has 0 unspecified atom stereocenters. The molecule has 0 saturated carbocycles. The zero-order valence-electron chi connectivity index (χ0n) is 10.9. The molecule has 2 N–H and O–H groups in total. The first-order valence-electron chi connectivity index (χ1n) is 6.15. The van der Waals surface area contributed by atoms with Crippen LogP contribution in [0.3, 0.4) is 0 Å². The number of aromatic carboxylic acids is 1. The zero-order chi connectivity index (χ0) is 14.0. The van der Waals surface area contributed by atoms with Gasteiger partial charge in [-0.2, -0.15) is 0 Å². The van der Waals surface area contributed by atoms with Gasteiger partial charge in [0, 0.05) is 11.6 Å². The number of hydrogen-bond acceptors (Lipinski definition) is 3. The summed E-state index contributed by atoms with van der Waals surface area (Å²) < 4.78 is 7.32. The van der Waals surface area contributed by atoms with E-state index in [0.29, 0.717) is 11.3 Å². The zero-order valence-corrected chi connectivity index (χ0v) is 10.9. The summed E-state index contributed by atoms with van der Waals surface area (Å²) in [7, 11) is 0. The molecule has 100 valence electrons. The summed E-state index contributed by atoms with van der Waals surface area (Å²) >= 11 is 0. The Labute approximate surface area is 110 Å². The molecule has 1 aliphatic heterocycles. The van der Waals surface area contributed by atoms with E-state index in [1.165, 1.54) is 6.07 Å². The predicted molar refractivity (Wildman–Crippen MR) is 70.3 cm³/mol. The minimum Gasteiger partial charge on any atom is -0.480 e. The Kier molecular flexibility index (Phi) is 3.55. The lowest BCUT2D eigenvalue weighted by Crippen LogP contribution is -2.29. The molecule has 5 nitrogen and oxygen atoms in total. The van der Waals surface area contributed by atoms with Crippen molar-refractivity contribution in [2.45, 2.75) is 13.8 Å². The second-order valence-corrected chi connectivity index (χ2v) is 4.16. The van der Waals surface area contributed by atoms with Crippen molar-refractivity contribution in [1.82, 2.24) is 4.58 Å². The molecule has 0 aromatic heterocycles. The van der Waals surface area contributed by atoms with E-state index in [2.05, 4.69) is 18.4 Å². The number of carbonyl (C=O) groups is 1. The molecule has 2 aliphatic rings. The van der Waals surface area contributed by atoms with Gasteiger partial charge in [-0.25, -0.2) is 9.37 Å². The lowest BCUT2D eigenvalue weighted by atomic mass is 10.1.